The highest BCUT2D eigenvalue weighted by molar-refractivity contribution is 6.42. The van der Waals surface area contributed by atoms with Gasteiger partial charge in [-0.2, -0.15) is 5.10 Å². The van der Waals surface area contributed by atoms with Crippen LogP contribution in [0.15, 0.2) is 65.8 Å². The zero-order valence-electron chi connectivity index (χ0n) is 16.9. The van der Waals surface area contributed by atoms with E-state index in [0.29, 0.717) is 37.6 Å². The number of nitrogens with zero attached hydrogens (tertiary/aromatic N) is 1. The number of hydrogen-bond donors (Lipinski definition) is 2. The normalized spacial score (nSPS) is 10.8. The molecule has 9 heteroatoms. The SMILES string of the molecule is Cc1c(Cl)cccc1NC(=O)c1ccc(OCC(=O)NN=Cc2ccc(Cl)c(Cl)c2)cc1. The Labute approximate surface area is 200 Å². The van der Waals surface area contributed by atoms with Crippen LogP contribution in [0.1, 0.15) is 21.5 Å². The topological polar surface area (TPSA) is 79.8 Å². The number of ether oxygens (including phenoxy) is 1. The maximum atomic E-state index is 12.4. The molecule has 0 saturated carbocycles. The summed E-state index contributed by atoms with van der Waals surface area (Å²) in [5.74, 6) is -0.292. The van der Waals surface area contributed by atoms with Crippen LogP contribution in [0.5, 0.6) is 5.75 Å². The summed E-state index contributed by atoms with van der Waals surface area (Å²) in [6, 6.07) is 16.7. The van der Waals surface area contributed by atoms with Gasteiger partial charge in [0.1, 0.15) is 5.75 Å². The van der Waals surface area contributed by atoms with Gasteiger partial charge in [-0.1, -0.05) is 46.9 Å². The number of nitrogens with one attached hydrogen (secondary N) is 2. The summed E-state index contributed by atoms with van der Waals surface area (Å²) in [7, 11) is 0. The minimum Gasteiger partial charge on any atom is -0.484 e. The lowest BCUT2D eigenvalue weighted by Crippen LogP contribution is -2.24. The Kier molecular flexibility index (Phi) is 8.11. The average Bonchev–Trinajstić information content (AvgIpc) is 2.78. The molecule has 164 valence electrons. The minimum absolute atomic E-state index is 0.244. The number of rotatable bonds is 7. The van der Waals surface area contributed by atoms with E-state index in [1.807, 2.05) is 6.92 Å². The molecule has 0 aromatic heterocycles. The van der Waals surface area contributed by atoms with E-state index in [0.717, 1.165) is 5.56 Å². The molecule has 0 spiro atoms. The van der Waals surface area contributed by atoms with Crippen molar-refractivity contribution in [2.75, 3.05) is 11.9 Å². The van der Waals surface area contributed by atoms with Gasteiger partial charge in [-0.25, -0.2) is 5.43 Å². The van der Waals surface area contributed by atoms with E-state index in [4.69, 9.17) is 39.5 Å². The molecule has 0 bridgehead atoms. The highest BCUT2D eigenvalue weighted by Crippen LogP contribution is 2.24. The van der Waals surface area contributed by atoms with Crippen molar-refractivity contribution in [3.8, 4) is 5.75 Å². The summed E-state index contributed by atoms with van der Waals surface area (Å²) in [5.41, 5.74) is 4.90. The van der Waals surface area contributed by atoms with Gasteiger partial charge in [-0.05, 0) is 66.6 Å². The molecular weight excluding hydrogens is 473 g/mol. The summed E-state index contributed by atoms with van der Waals surface area (Å²) >= 11 is 17.9. The van der Waals surface area contributed by atoms with Crippen LogP contribution in [0, 0.1) is 6.92 Å². The number of anilines is 1. The van der Waals surface area contributed by atoms with Crippen molar-refractivity contribution >= 4 is 58.5 Å². The van der Waals surface area contributed by atoms with E-state index in [-0.39, 0.29) is 12.5 Å². The predicted octanol–water partition coefficient (Wildman–Crippen LogP) is 5.74. The van der Waals surface area contributed by atoms with Crippen LogP contribution in [0.25, 0.3) is 0 Å². The van der Waals surface area contributed by atoms with Gasteiger partial charge in [-0.15, -0.1) is 0 Å². The number of amides is 2. The average molecular weight is 491 g/mol. The molecule has 32 heavy (non-hydrogen) atoms. The molecule has 2 N–H and O–H groups in total. The summed E-state index contributed by atoms with van der Waals surface area (Å²) in [4.78, 5) is 24.3. The monoisotopic (exact) mass is 489 g/mol. The first-order valence-electron chi connectivity index (χ1n) is 9.40. The van der Waals surface area contributed by atoms with Crippen LogP contribution in [0.4, 0.5) is 5.69 Å². The highest BCUT2D eigenvalue weighted by atomic mass is 35.5. The van der Waals surface area contributed by atoms with Gasteiger partial charge in [0, 0.05) is 16.3 Å². The Morgan fingerprint density at radius 2 is 1.72 bits per heavy atom. The second-order valence-electron chi connectivity index (χ2n) is 6.65. The van der Waals surface area contributed by atoms with Gasteiger partial charge in [0.05, 0.1) is 16.3 Å². The summed E-state index contributed by atoms with van der Waals surface area (Å²) in [6.45, 7) is 1.58. The van der Waals surface area contributed by atoms with Gasteiger partial charge in [0.25, 0.3) is 11.8 Å². The number of carbonyl (C=O) groups excluding carboxylic acids is 2. The van der Waals surface area contributed by atoms with Gasteiger partial charge in [0.15, 0.2) is 6.61 Å². The largest absolute Gasteiger partial charge is 0.484 e. The zero-order chi connectivity index (χ0) is 23.1. The standard InChI is InChI=1S/C23H18Cl3N3O3/c1-14-18(24)3-2-4-21(14)28-23(31)16-6-8-17(9-7-16)32-13-22(30)29-27-12-15-5-10-19(25)20(26)11-15/h2-12H,13H2,1H3,(H,28,31)(H,29,30). The van der Waals surface area contributed by atoms with Crippen molar-refractivity contribution in [2.45, 2.75) is 6.92 Å². The number of hydrogen-bond acceptors (Lipinski definition) is 4. The van der Waals surface area contributed by atoms with Crippen LogP contribution in [0.2, 0.25) is 15.1 Å². The fraction of sp³-hybridized carbons (Fsp3) is 0.0870. The highest BCUT2D eigenvalue weighted by Gasteiger charge is 2.10. The fourth-order valence-electron chi connectivity index (χ4n) is 2.59. The first-order chi connectivity index (χ1) is 15.3. The minimum atomic E-state index is -0.445. The molecule has 0 aliphatic rings. The van der Waals surface area contributed by atoms with Crippen molar-refractivity contribution < 1.29 is 14.3 Å². The third kappa shape index (κ3) is 6.47. The molecular formula is C23H18Cl3N3O3. The van der Waals surface area contributed by atoms with Crippen molar-refractivity contribution in [3.05, 3.63) is 92.4 Å². The molecule has 0 atom stereocenters. The number of carbonyl (C=O) groups is 2. The van der Waals surface area contributed by atoms with E-state index in [1.165, 1.54) is 6.21 Å². The lowest BCUT2D eigenvalue weighted by atomic mass is 10.1. The van der Waals surface area contributed by atoms with E-state index in [2.05, 4.69) is 15.8 Å². The van der Waals surface area contributed by atoms with Crippen molar-refractivity contribution in [2.24, 2.45) is 5.10 Å². The fourth-order valence-corrected chi connectivity index (χ4v) is 3.07. The first kappa shape index (κ1) is 23.6. The van der Waals surface area contributed by atoms with Crippen LogP contribution in [-0.2, 0) is 4.79 Å². The second-order valence-corrected chi connectivity index (χ2v) is 7.87. The third-order valence-electron chi connectivity index (χ3n) is 4.35. The van der Waals surface area contributed by atoms with Crippen molar-refractivity contribution in [1.82, 2.24) is 5.43 Å². The van der Waals surface area contributed by atoms with Crippen LogP contribution in [-0.4, -0.2) is 24.6 Å². The molecule has 6 nitrogen and oxygen atoms in total. The maximum absolute atomic E-state index is 12.4. The number of hydrazone groups is 1. The van der Waals surface area contributed by atoms with E-state index < -0.39 is 5.91 Å². The Balaban J connectivity index is 1.49. The van der Waals surface area contributed by atoms with E-state index >= 15 is 0 Å². The van der Waals surface area contributed by atoms with Crippen molar-refractivity contribution in [3.63, 3.8) is 0 Å². The van der Waals surface area contributed by atoms with Crippen molar-refractivity contribution in [1.29, 1.82) is 0 Å². The summed E-state index contributed by atoms with van der Waals surface area (Å²) in [6.07, 6.45) is 1.44. The number of benzene rings is 3. The zero-order valence-corrected chi connectivity index (χ0v) is 19.1. The summed E-state index contributed by atoms with van der Waals surface area (Å²) in [5, 5.41) is 8.07. The van der Waals surface area contributed by atoms with E-state index in [1.54, 1.807) is 60.7 Å². The molecule has 0 aliphatic heterocycles. The van der Waals surface area contributed by atoms with Crippen LogP contribution in [0.3, 0.4) is 0 Å². The molecule has 2 amide bonds. The molecule has 0 radical (unpaired) electrons. The Morgan fingerprint density at radius 3 is 2.44 bits per heavy atom. The van der Waals surface area contributed by atoms with Gasteiger partial charge in [-0.3, -0.25) is 9.59 Å². The Morgan fingerprint density at radius 1 is 0.969 bits per heavy atom. The first-order valence-corrected chi connectivity index (χ1v) is 10.5. The molecule has 0 saturated heterocycles. The molecule has 3 aromatic rings. The molecule has 3 aromatic carbocycles. The second kappa shape index (κ2) is 11.0. The molecule has 0 heterocycles. The Hall–Kier alpha value is -3.06. The van der Waals surface area contributed by atoms with Crippen LogP contribution >= 0.6 is 34.8 Å². The van der Waals surface area contributed by atoms with E-state index in [9.17, 15) is 9.59 Å². The quantitative estimate of drug-likeness (QED) is 0.327. The van der Waals surface area contributed by atoms with Gasteiger partial charge < -0.3 is 10.1 Å². The molecule has 0 unspecified atom stereocenters. The third-order valence-corrected chi connectivity index (χ3v) is 5.50. The smallest absolute Gasteiger partial charge is 0.277 e. The lowest BCUT2D eigenvalue weighted by molar-refractivity contribution is -0.123. The molecule has 0 aliphatic carbocycles. The van der Waals surface area contributed by atoms with Gasteiger partial charge >= 0.3 is 0 Å². The number of halogens is 3. The summed E-state index contributed by atoms with van der Waals surface area (Å²) < 4.78 is 5.42. The molecule has 0 fully saturated rings. The molecule has 3 rings (SSSR count). The lowest BCUT2D eigenvalue weighted by Gasteiger charge is -2.10. The Bertz CT molecular complexity index is 1160. The maximum Gasteiger partial charge on any atom is 0.277 e. The van der Waals surface area contributed by atoms with Gasteiger partial charge in [0.2, 0.25) is 0 Å². The van der Waals surface area contributed by atoms with Crippen LogP contribution < -0.4 is 15.5 Å². The predicted molar refractivity (Wildman–Crippen MR) is 128 cm³/mol.